The molecule has 6 unspecified atom stereocenters. The molecule has 0 aromatic heterocycles. The van der Waals surface area contributed by atoms with Gasteiger partial charge in [-0.15, -0.1) is 0 Å². The first-order chi connectivity index (χ1) is 19.2. The maximum absolute atomic E-state index is 14.2. The quantitative estimate of drug-likeness (QED) is 0.457. The number of nitrogens with one attached hydrogen (secondary N) is 2. The average Bonchev–Trinajstić information content (AvgIpc) is 3.55. The summed E-state index contributed by atoms with van der Waals surface area (Å²) in [6.45, 7) is 4.52. The van der Waals surface area contributed by atoms with Gasteiger partial charge in [-0.1, -0.05) is 86.3 Å². The highest BCUT2D eigenvalue weighted by Gasteiger charge is 2.72. The minimum atomic E-state index is -1.24. The fraction of sp³-hybridized carbons (Fsp3) is 0.452. The topological polar surface area (TPSA) is 87.7 Å². The predicted molar refractivity (Wildman–Crippen MR) is 154 cm³/mol. The molecule has 7 nitrogen and oxygen atoms in total. The van der Waals surface area contributed by atoms with Crippen LogP contribution in [0.15, 0.2) is 60.7 Å². The summed E-state index contributed by atoms with van der Waals surface area (Å²) in [6, 6.07) is 13.2. The second kappa shape index (κ2) is 10.5. The summed E-state index contributed by atoms with van der Waals surface area (Å²) in [5.74, 6) is -1.72. The van der Waals surface area contributed by atoms with Crippen molar-refractivity contribution < 1.29 is 19.1 Å². The van der Waals surface area contributed by atoms with E-state index in [1.807, 2.05) is 30.4 Å². The second-order valence-electron chi connectivity index (χ2n) is 11.6. The van der Waals surface area contributed by atoms with Gasteiger partial charge in [0.1, 0.15) is 11.6 Å². The van der Waals surface area contributed by atoms with Crippen LogP contribution in [0.4, 0.5) is 5.69 Å². The molecule has 1 spiro atoms. The summed E-state index contributed by atoms with van der Waals surface area (Å²) in [6.07, 6.45) is 6.10. The summed E-state index contributed by atoms with van der Waals surface area (Å²) < 4.78 is 6.46. The predicted octanol–water partition coefficient (Wildman–Crippen LogP) is 5.22. The van der Waals surface area contributed by atoms with Crippen molar-refractivity contribution in [2.45, 2.75) is 63.4 Å². The lowest BCUT2D eigenvalue weighted by molar-refractivity contribution is -0.142. The maximum Gasteiger partial charge on any atom is 0.246 e. The number of rotatable bonds is 6. The van der Waals surface area contributed by atoms with Crippen molar-refractivity contribution in [3.63, 3.8) is 0 Å². The minimum absolute atomic E-state index is 0.00785. The van der Waals surface area contributed by atoms with E-state index in [1.54, 1.807) is 35.2 Å². The molecule has 40 heavy (non-hydrogen) atoms. The molecule has 6 rings (SSSR count). The number of halogens is 2. The Morgan fingerprint density at radius 2 is 1.88 bits per heavy atom. The molecule has 1 aliphatic carbocycles. The molecule has 2 aromatic carbocycles. The Labute approximate surface area is 244 Å². The first kappa shape index (κ1) is 27.3. The molecule has 3 amide bonds. The maximum atomic E-state index is 14.2. The fourth-order valence-corrected chi connectivity index (χ4v) is 7.47. The van der Waals surface area contributed by atoms with E-state index >= 15 is 0 Å². The molecule has 3 fully saturated rings. The first-order valence-electron chi connectivity index (χ1n) is 14.0. The third-order valence-corrected chi connectivity index (χ3v) is 9.95. The van der Waals surface area contributed by atoms with Crippen LogP contribution in [0, 0.1) is 23.7 Å². The molecule has 0 radical (unpaired) electrons. The van der Waals surface area contributed by atoms with E-state index in [9.17, 15) is 14.4 Å². The van der Waals surface area contributed by atoms with Gasteiger partial charge in [0.15, 0.2) is 0 Å². The number of fused-ring (bicyclic) bond motifs is 1. The zero-order valence-corrected chi connectivity index (χ0v) is 24.0. The molecule has 8 atom stereocenters. The van der Waals surface area contributed by atoms with Gasteiger partial charge >= 0.3 is 0 Å². The van der Waals surface area contributed by atoms with Crippen molar-refractivity contribution in [3.8, 4) is 0 Å². The lowest BCUT2D eigenvalue weighted by atomic mass is 9.73. The fourth-order valence-electron chi connectivity index (χ4n) is 7.09. The Bertz CT molecular complexity index is 1380. The molecule has 2 aromatic rings. The van der Waals surface area contributed by atoms with Crippen molar-refractivity contribution in [3.05, 3.63) is 76.3 Å². The van der Waals surface area contributed by atoms with Crippen LogP contribution in [0.2, 0.25) is 10.0 Å². The summed E-state index contributed by atoms with van der Waals surface area (Å²) in [4.78, 5) is 43.6. The second-order valence-corrected chi connectivity index (χ2v) is 12.5. The number of benzene rings is 2. The smallest absolute Gasteiger partial charge is 0.246 e. The summed E-state index contributed by atoms with van der Waals surface area (Å²) >= 11 is 12.6. The highest BCUT2D eigenvalue weighted by molar-refractivity contribution is 6.31. The van der Waals surface area contributed by atoms with Crippen LogP contribution in [0.1, 0.15) is 38.7 Å². The number of hydrogen-bond donors (Lipinski definition) is 2. The Kier molecular flexibility index (Phi) is 7.18. The number of carbonyl (C=O) groups excluding carboxylic acids is 3. The number of likely N-dealkylation sites (tertiary alicyclic amines) is 1. The van der Waals surface area contributed by atoms with E-state index in [4.69, 9.17) is 27.9 Å². The highest BCUT2D eigenvalue weighted by Crippen LogP contribution is 2.55. The van der Waals surface area contributed by atoms with Gasteiger partial charge in [-0.2, -0.15) is 0 Å². The molecule has 3 aliphatic heterocycles. The Morgan fingerprint density at radius 1 is 1.07 bits per heavy atom. The van der Waals surface area contributed by atoms with Crippen LogP contribution in [0.3, 0.4) is 0 Å². The van der Waals surface area contributed by atoms with Crippen LogP contribution in [0.5, 0.6) is 0 Å². The molecular formula is C31H33Cl2N3O4. The lowest BCUT2D eigenvalue weighted by Gasteiger charge is -2.38. The van der Waals surface area contributed by atoms with E-state index in [2.05, 4.69) is 24.5 Å². The minimum Gasteiger partial charge on any atom is -0.359 e. The van der Waals surface area contributed by atoms with E-state index in [1.165, 1.54) is 0 Å². The zero-order valence-electron chi connectivity index (χ0n) is 22.5. The van der Waals surface area contributed by atoms with Gasteiger partial charge in [-0.05, 0) is 48.1 Å². The summed E-state index contributed by atoms with van der Waals surface area (Å²) in [5.41, 5.74) is 0.0172. The third kappa shape index (κ3) is 4.52. The van der Waals surface area contributed by atoms with E-state index in [0.29, 0.717) is 27.6 Å². The van der Waals surface area contributed by atoms with Crippen molar-refractivity contribution in [1.29, 1.82) is 0 Å². The number of nitrogens with zero attached hydrogens (tertiary/aromatic N) is 1. The Morgan fingerprint density at radius 3 is 2.65 bits per heavy atom. The molecule has 2 bridgehead atoms. The monoisotopic (exact) mass is 581 g/mol. The van der Waals surface area contributed by atoms with E-state index < -0.39 is 29.6 Å². The first-order valence-corrected chi connectivity index (χ1v) is 14.7. The third-order valence-electron chi connectivity index (χ3n) is 9.35. The van der Waals surface area contributed by atoms with Crippen LogP contribution >= 0.6 is 23.2 Å². The van der Waals surface area contributed by atoms with Gasteiger partial charge in [-0.3, -0.25) is 14.4 Å². The van der Waals surface area contributed by atoms with Crippen molar-refractivity contribution >= 4 is 46.6 Å². The Balaban J connectivity index is 1.34. The van der Waals surface area contributed by atoms with Gasteiger partial charge in [0.05, 0.1) is 17.9 Å². The normalized spacial score (nSPS) is 34.1. The van der Waals surface area contributed by atoms with Crippen LogP contribution < -0.4 is 10.6 Å². The zero-order chi connectivity index (χ0) is 28.2. The van der Waals surface area contributed by atoms with Gasteiger partial charge in [0.25, 0.3) is 0 Å². The molecule has 1 saturated carbocycles. The van der Waals surface area contributed by atoms with Gasteiger partial charge < -0.3 is 20.3 Å². The highest BCUT2D eigenvalue weighted by atomic mass is 35.5. The number of carbonyl (C=O) groups is 3. The molecular weight excluding hydrogens is 549 g/mol. The molecule has 3 heterocycles. The average molecular weight is 583 g/mol. The largest absolute Gasteiger partial charge is 0.359 e. The van der Waals surface area contributed by atoms with Gasteiger partial charge in [0, 0.05) is 28.3 Å². The summed E-state index contributed by atoms with van der Waals surface area (Å²) in [7, 11) is 0. The van der Waals surface area contributed by atoms with E-state index in [0.717, 1.165) is 24.8 Å². The van der Waals surface area contributed by atoms with E-state index in [-0.39, 0.29) is 30.3 Å². The number of ether oxygens (including phenoxy) is 1. The van der Waals surface area contributed by atoms with Crippen molar-refractivity contribution in [2.75, 3.05) is 5.32 Å². The number of hydrogen-bond acceptors (Lipinski definition) is 4. The lowest BCUT2D eigenvalue weighted by Crippen LogP contribution is -2.57. The van der Waals surface area contributed by atoms with Crippen LogP contribution in [-0.4, -0.2) is 46.4 Å². The van der Waals surface area contributed by atoms with Gasteiger partial charge in [0.2, 0.25) is 17.7 Å². The SMILES string of the molecule is CC1CCCC(NC(=O)C2N(Cc3ccccc3Cl)C(=O)[C@@H]3C(C(=O)Nc4cccc(Cl)c4)[C@@H]4C=CC23O4)C1C. The molecule has 9 heteroatoms. The van der Waals surface area contributed by atoms with Crippen LogP contribution in [-0.2, 0) is 25.7 Å². The number of amides is 3. The molecule has 210 valence electrons. The molecule has 4 aliphatic rings. The van der Waals surface area contributed by atoms with Crippen molar-refractivity contribution in [2.24, 2.45) is 23.7 Å². The standard InChI is InChI=1S/C31H33Cl2N3O4/c1-17-7-5-12-23(18(17)2)35-29(38)27-31-14-13-24(40-31)25(28(37)34-21-10-6-9-20(32)15-21)26(31)30(39)36(27)16-19-8-3-4-11-22(19)33/h3-4,6,8-11,13-15,17-18,23-27H,5,7,12,16H2,1-2H3,(H,34,37)(H,35,38)/t17?,18?,23?,24-,25?,26-,27?,31?/m0/s1. The molecule has 2 N–H and O–H groups in total. The Hall–Kier alpha value is -2.87. The molecule has 2 saturated heterocycles. The van der Waals surface area contributed by atoms with Gasteiger partial charge in [-0.25, -0.2) is 0 Å². The van der Waals surface area contributed by atoms with Crippen molar-refractivity contribution in [1.82, 2.24) is 10.2 Å². The van der Waals surface area contributed by atoms with Crippen LogP contribution in [0.25, 0.3) is 0 Å². The summed E-state index contributed by atoms with van der Waals surface area (Å²) in [5, 5.41) is 7.18. The number of anilines is 1.